The van der Waals surface area contributed by atoms with Gasteiger partial charge in [0.2, 0.25) is 5.91 Å². The second-order valence-corrected chi connectivity index (χ2v) is 7.24. The van der Waals surface area contributed by atoms with E-state index in [9.17, 15) is 14.4 Å². The standard InChI is InChI=1S/C19H21ClN2O4/c1-11-4-5-14(20)10-15(11)21-17(24)16-12(2)18(25)26-19(16)6-8-22(9-7-19)13(3)23/h4-5,10H,6-9H2,1-3H3,(H,21,24). The fourth-order valence-corrected chi connectivity index (χ4v) is 3.75. The van der Waals surface area contributed by atoms with Crippen LogP contribution in [-0.2, 0) is 19.1 Å². The molecule has 1 saturated heterocycles. The highest BCUT2D eigenvalue weighted by Gasteiger charge is 2.51. The summed E-state index contributed by atoms with van der Waals surface area (Å²) in [5.74, 6) is -0.866. The number of likely N-dealkylation sites (tertiary alicyclic amines) is 1. The zero-order valence-electron chi connectivity index (χ0n) is 15.0. The second kappa shape index (κ2) is 6.76. The van der Waals surface area contributed by atoms with E-state index in [1.54, 1.807) is 24.0 Å². The van der Waals surface area contributed by atoms with E-state index in [1.807, 2.05) is 13.0 Å². The van der Waals surface area contributed by atoms with Crippen molar-refractivity contribution in [2.75, 3.05) is 18.4 Å². The van der Waals surface area contributed by atoms with Crippen LogP contribution in [0.4, 0.5) is 5.69 Å². The van der Waals surface area contributed by atoms with E-state index in [0.29, 0.717) is 47.8 Å². The minimum Gasteiger partial charge on any atom is -0.450 e. The third-order valence-corrected chi connectivity index (χ3v) is 5.35. The van der Waals surface area contributed by atoms with Crippen LogP contribution in [-0.4, -0.2) is 41.4 Å². The van der Waals surface area contributed by atoms with Crippen LogP contribution in [0, 0.1) is 6.92 Å². The largest absolute Gasteiger partial charge is 0.450 e. The Labute approximate surface area is 157 Å². The quantitative estimate of drug-likeness (QED) is 0.805. The van der Waals surface area contributed by atoms with Crippen molar-refractivity contribution < 1.29 is 19.1 Å². The van der Waals surface area contributed by atoms with Crippen molar-refractivity contribution >= 4 is 35.1 Å². The Bertz CT molecular complexity index is 823. The molecule has 1 aromatic carbocycles. The first-order valence-electron chi connectivity index (χ1n) is 8.51. The normalized spacial score (nSPS) is 18.9. The molecule has 0 saturated carbocycles. The number of carbonyl (C=O) groups is 3. The van der Waals surface area contributed by atoms with Crippen molar-refractivity contribution in [3.8, 4) is 0 Å². The smallest absolute Gasteiger partial charge is 0.335 e. The molecule has 1 N–H and O–H groups in total. The minimum absolute atomic E-state index is 0.0228. The molecule has 138 valence electrons. The van der Waals surface area contributed by atoms with Gasteiger partial charge in [0.1, 0.15) is 5.60 Å². The van der Waals surface area contributed by atoms with Crippen molar-refractivity contribution in [2.45, 2.75) is 39.2 Å². The van der Waals surface area contributed by atoms with E-state index in [2.05, 4.69) is 5.32 Å². The fourth-order valence-electron chi connectivity index (χ4n) is 3.57. The van der Waals surface area contributed by atoms with Crippen LogP contribution in [0.2, 0.25) is 5.02 Å². The molecule has 0 atom stereocenters. The average Bonchev–Trinajstić information content (AvgIpc) is 2.81. The third-order valence-electron chi connectivity index (χ3n) is 5.12. The number of hydrogen-bond acceptors (Lipinski definition) is 4. The van der Waals surface area contributed by atoms with Crippen LogP contribution in [0.5, 0.6) is 0 Å². The summed E-state index contributed by atoms with van der Waals surface area (Å²) >= 11 is 6.02. The molecule has 26 heavy (non-hydrogen) atoms. The first-order chi connectivity index (χ1) is 12.2. The van der Waals surface area contributed by atoms with E-state index in [4.69, 9.17) is 16.3 Å². The van der Waals surface area contributed by atoms with Crippen LogP contribution in [0.25, 0.3) is 0 Å². The molecular formula is C19H21ClN2O4. The highest BCUT2D eigenvalue weighted by molar-refractivity contribution is 6.31. The predicted octanol–water partition coefficient (Wildman–Crippen LogP) is 2.84. The summed E-state index contributed by atoms with van der Waals surface area (Å²) in [6.07, 6.45) is 0.819. The number of piperidine rings is 1. The maximum absolute atomic E-state index is 13.0. The molecule has 2 aliphatic rings. The number of nitrogens with zero attached hydrogens (tertiary/aromatic N) is 1. The van der Waals surface area contributed by atoms with Gasteiger partial charge in [0.05, 0.1) is 5.57 Å². The lowest BCUT2D eigenvalue weighted by atomic mass is 9.82. The number of ether oxygens (including phenoxy) is 1. The number of aryl methyl sites for hydroxylation is 1. The number of esters is 1. The minimum atomic E-state index is -0.969. The Morgan fingerprint density at radius 3 is 2.50 bits per heavy atom. The van der Waals surface area contributed by atoms with Crippen LogP contribution in [0.3, 0.4) is 0 Å². The van der Waals surface area contributed by atoms with Crippen LogP contribution in [0.1, 0.15) is 32.3 Å². The van der Waals surface area contributed by atoms with E-state index in [1.165, 1.54) is 6.92 Å². The van der Waals surface area contributed by atoms with Gasteiger partial charge in [-0.2, -0.15) is 0 Å². The summed E-state index contributed by atoms with van der Waals surface area (Å²) in [5.41, 5.74) is 1.16. The van der Waals surface area contributed by atoms with Crippen molar-refractivity contribution in [3.63, 3.8) is 0 Å². The zero-order chi connectivity index (χ0) is 19.1. The number of nitrogens with one attached hydrogen (secondary N) is 1. The molecule has 1 fully saturated rings. The molecule has 3 rings (SSSR count). The van der Waals surface area contributed by atoms with Gasteiger partial charge in [-0.25, -0.2) is 4.79 Å². The average molecular weight is 377 g/mol. The second-order valence-electron chi connectivity index (χ2n) is 6.80. The van der Waals surface area contributed by atoms with Crippen LogP contribution in [0.15, 0.2) is 29.3 Å². The highest BCUT2D eigenvalue weighted by atomic mass is 35.5. The number of rotatable bonds is 2. The van der Waals surface area contributed by atoms with Gasteiger partial charge in [-0.1, -0.05) is 17.7 Å². The molecule has 2 heterocycles. The Balaban J connectivity index is 1.88. The van der Waals surface area contributed by atoms with Crippen molar-refractivity contribution in [1.29, 1.82) is 0 Å². The van der Waals surface area contributed by atoms with E-state index >= 15 is 0 Å². The molecule has 2 amide bonds. The number of carbonyl (C=O) groups excluding carboxylic acids is 3. The van der Waals surface area contributed by atoms with Crippen molar-refractivity contribution in [1.82, 2.24) is 4.90 Å². The van der Waals surface area contributed by atoms with Gasteiger partial charge >= 0.3 is 5.97 Å². The van der Waals surface area contributed by atoms with E-state index < -0.39 is 11.6 Å². The first-order valence-corrected chi connectivity index (χ1v) is 8.89. The monoisotopic (exact) mass is 376 g/mol. The summed E-state index contributed by atoms with van der Waals surface area (Å²) in [6, 6.07) is 5.24. The zero-order valence-corrected chi connectivity index (χ0v) is 15.8. The summed E-state index contributed by atoms with van der Waals surface area (Å²) in [4.78, 5) is 38.5. The molecule has 6 nitrogen and oxygen atoms in total. The van der Waals surface area contributed by atoms with Gasteiger partial charge < -0.3 is 15.0 Å². The number of halogens is 1. The summed E-state index contributed by atoms with van der Waals surface area (Å²) in [6.45, 7) is 5.87. The van der Waals surface area contributed by atoms with Gasteiger partial charge in [0.15, 0.2) is 0 Å². The van der Waals surface area contributed by atoms with Gasteiger partial charge in [-0.05, 0) is 31.5 Å². The molecule has 2 aliphatic heterocycles. The van der Waals surface area contributed by atoms with Crippen LogP contribution < -0.4 is 5.32 Å². The van der Waals surface area contributed by atoms with Gasteiger partial charge in [-0.15, -0.1) is 0 Å². The number of anilines is 1. The summed E-state index contributed by atoms with van der Waals surface area (Å²) in [5, 5.41) is 3.37. The lowest BCUT2D eigenvalue weighted by Gasteiger charge is -2.39. The molecular weight excluding hydrogens is 356 g/mol. The molecule has 7 heteroatoms. The number of amides is 2. The Kier molecular flexibility index (Phi) is 4.80. The maximum Gasteiger partial charge on any atom is 0.335 e. The first kappa shape index (κ1) is 18.5. The lowest BCUT2D eigenvalue weighted by Crippen LogP contribution is -2.49. The van der Waals surface area contributed by atoms with Crippen molar-refractivity contribution in [3.05, 3.63) is 39.9 Å². The van der Waals surface area contributed by atoms with Gasteiger partial charge in [0.25, 0.3) is 5.91 Å². The molecule has 1 spiro atoms. The molecule has 0 aliphatic carbocycles. The van der Waals surface area contributed by atoms with Gasteiger partial charge in [0, 0.05) is 49.1 Å². The third kappa shape index (κ3) is 3.21. The van der Waals surface area contributed by atoms with Gasteiger partial charge in [-0.3, -0.25) is 9.59 Å². The van der Waals surface area contributed by atoms with E-state index in [-0.39, 0.29) is 11.8 Å². The predicted molar refractivity (Wildman–Crippen MR) is 97.8 cm³/mol. The Morgan fingerprint density at radius 2 is 1.88 bits per heavy atom. The Morgan fingerprint density at radius 1 is 1.23 bits per heavy atom. The van der Waals surface area contributed by atoms with E-state index in [0.717, 1.165) is 5.56 Å². The number of benzene rings is 1. The molecule has 0 radical (unpaired) electrons. The molecule has 0 bridgehead atoms. The summed E-state index contributed by atoms with van der Waals surface area (Å²) in [7, 11) is 0. The van der Waals surface area contributed by atoms with Crippen molar-refractivity contribution in [2.24, 2.45) is 0 Å². The molecule has 0 aromatic heterocycles. The SMILES string of the molecule is CC(=O)N1CCC2(CC1)OC(=O)C(C)=C2C(=O)Nc1cc(Cl)ccc1C. The van der Waals surface area contributed by atoms with Crippen LogP contribution >= 0.6 is 11.6 Å². The Hall–Kier alpha value is -2.34. The maximum atomic E-state index is 13.0. The lowest BCUT2D eigenvalue weighted by molar-refractivity contribution is -0.152. The molecule has 1 aromatic rings. The highest BCUT2D eigenvalue weighted by Crippen LogP contribution is 2.41. The molecule has 0 unspecified atom stereocenters. The number of hydrogen-bond donors (Lipinski definition) is 1. The fraction of sp³-hybridized carbons (Fsp3) is 0.421. The summed E-state index contributed by atoms with van der Waals surface area (Å²) < 4.78 is 5.62. The topological polar surface area (TPSA) is 75.7 Å².